The highest BCUT2D eigenvalue weighted by molar-refractivity contribution is 6.19. The average molecular weight is 876 g/mol. The zero-order chi connectivity index (χ0) is 44.3. The third-order valence-electron chi connectivity index (χ3n) is 10.2. The van der Waals surface area contributed by atoms with Crippen LogP contribution in [0, 0.1) is 27.7 Å². The van der Waals surface area contributed by atoms with Crippen LogP contribution in [0.3, 0.4) is 0 Å². The van der Waals surface area contributed by atoms with Crippen LogP contribution in [-0.4, -0.2) is 35.6 Å². The molecule has 0 aliphatic rings. The van der Waals surface area contributed by atoms with Crippen molar-refractivity contribution in [2.45, 2.75) is 79.2 Å². The summed E-state index contributed by atoms with van der Waals surface area (Å²) in [4.78, 5) is 26.2. The Balaban J connectivity index is 1.33. The molecule has 0 spiro atoms. The summed E-state index contributed by atoms with van der Waals surface area (Å²) in [5, 5.41) is 0. The topological polar surface area (TPSA) is 89.5 Å². The molecule has 0 aliphatic carbocycles. The van der Waals surface area contributed by atoms with Crippen LogP contribution in [-0.2, 0) is 19.1 Å². The number of benzene rings is 6. The minimum atomic E-state index is -1.81. The summed E-state index contributed by atoms with van der Waals surface area (Å²) in [5.74, 6) is -2.53. The van der Waals surface area contributed by atoms with E-state index in [-0.39, 0.29) is 37.4 Å². The van der Waals surface area contributed by atoms with Crippen LogP contribution in [0.25, 0.3) is 33.4 Å². The number of carbonyl (C=O) groups excluding carboxylic acids is 2. The number of halogens is 2. The van der Waals surface area contributed by atoms with Gasteiger partial charge in [-0.15, -0.1) is 23.2 Å². The lowest BCUT2D eigenvalue weighted by molar-refractivity contribution is -0.288. The van der Waals surface area contributed by atoms with E-state index in [2.05, 4.69) is 0 Å². The molecule has 322 valence electrons. The van der Waals surface area contributed by atoms with Crippen molar-refractivity contribution < 1.29 is 38.0 Å². The van der Waals surface area contributed by atoms with Gasteiger partial charge in [0.1, 0.15) is 23.0 Å². The molecule has 62 heavy (non-hydrogen) atoms. The number of rotatable bonds is 19. The Morgan fingerprint density at radius 2 is 0.774 bits per heavy atom. The molecule has 0 N–H and O–H groups in total. The molecule has 0 aliphatic heterocycles. The Morgan fingerprint density at radius 1 is 0.452 bits per heavy atom. The lowest BCUT2D eigenvalue weighted by Crippen LogP contribution is -2.47. The van der Waals surface area contributed by atoms with E-state index >= 15 is 0 Å². The monoisotopic (exact) mass is 874 g/mol. The minimum Gasteiger partial charge on any atom is -0.420 e. The summed E-state index contributed by atoms with van der Waals surface area (Å²) in [6.45, 7) is 11.4. The molecule has 6 aromatic carbocycles. The van der Waals surface area contributed by atoms with Crippen LogP contribution in [0.15, 0.2) is 133 Å². The van der Waals surface area contributed by atoms with Gasteiger partial charge in [0.15, 0.2) is 0 Å². The molecule has 0 bridgehead atoms. The average Bonchev–Trinajstić information content (AvgIpc) is 3.27. The predicted octanol–water partition coefficient (Wildman–Crippen LogP) is 13.3. The van der Waals surface area contributed by atoms with Gasteiger partial charge in [-0.2, -0.15) is 0 Å². The van der Waals surface area contributed by atoms with Crippen LogP contribution >= 0.6 is 23.2 Å². The molecule has 0 saturated carbocycles. The van der Waals surface area contributed by atoms with E-state index in [9.17, 15) is 9.59 Å². The van der Waals surface area contributed by atoms with Crippen LogP contribution < -0.4 is 18.9 Å². The van der Waals surface area contributed by atoms with Crippen molar-refractivity contribution in [2.75, 3.05) is 11.8 Å². The van der Waals surface area contributed by atoms with Crippen molar-refractivity contribution >= 4 is 35.1 Å². The molecule has 0 radical (unpaired) electrons. The maximum Gasteiger partial charge on any atom is 0.418 e. The van der Waals surface area contributed by atoms with Crippen LogP contribution in [0.1, 0.15) is 61.8 Å². The van der Waals surface area contributed by atoms with E-state index in [1.807, 2.05) is 175 Å². The minimum absolute atomic E-state index is 0.0198. The molecule has 0 amide bonds. The molecule has 0 saturated heterocycles. The van der Waals surface area contributed by atoms with Gasteiger partial charge in [0.05, 0.1) is 25.7 Å². The predicted molar refractivity (Wildman–Crippen MR) is 246 cm³/mol. The molecule has 0 aromatic heterocycles. The summed E-state index contributed by atoms with van der Waals surface area (Å²) in [7, 11) is 0. The summed E-state index contributed by atoms with van der Waals surface area (Å²) in [6, 6.07) is 42.9. The normalized spacial score (nSPS) is 13.0. The van der Waals surface area contributed by atoms with Crippen molar-refractivity contribution in [3.8, 4) is 56.4 Å². The van der Waals surface area contributed by atoms with Gasteiger partial charge < -0.3 is 28.4 Å². The second-order valence-corrected chi connectivity index (χ2v) is 15.7. The van der Waals surface area contributed by atoms with Gasteiger partial charge in [0, 0.05) is 22.9 Å². The third-order valence-corrected chi connectivity index (χ3v) is 10.6. The number of esters is 2. The standard InChI is InChI=1S/C52H52Cl2O8/c1-7-51(59-47(55)27-29-53,57-45-25-17-15-23-43(45)39-19-11-9-12-20-39)61-49-35(3)31-41(32-36(49)4)42-33-37(5)50(38(6)34-42)62-52(8-2,60-48(56)28-30-54)58-46-26-18-16-24-44(46)40-21-13-10-14-22-40/h9-26,31-34H,7-8,27-30H2,1-6H3. The fraction of sp³-hybridized carbons (Fsp3) is 0.269. The smallest absolute Gasteiger partial charge is 0.418 e. The maximum atomic E-state index is 13.1. The highest BCUT2D eigenvalue weighted by Gasteiger charge is 2.41. The second-order valence-electron chi connectivity index (χ2n) is 14.9. The molecule has 10 heteroatoms. The lowest BCUT2D eigenvalue weighted by atomic mass is 9.96. The first-order chi connectivity index (χ1) is 29.9. The van der Waals surface area contributed by atoms with Crippen molar-refractivity contribution in [1.29, 1.82) is 0 Å². The first kappa shape index (κ1) is 45.6. The van der Waals surface area contributed by atoms with Crippen molar-refractivity contribution in [1.82, 2.24) is 0 Å². The van der Waals surface area contributed by atoms with Crippen molar-refractivity contribution in [2.24, 2.45) is 0 Å². The Labute approximate surface area is 374 Å². The second kappa shape index (κ2) is 20.7. The quantitative estimate of drug-likeness (QED) is 0.0452. The molecular formula is C52H52Cl2O8. The van der Waals surface area contributed by atoms with Crippen molar-refractivity contribution in [3.63, 3.8) is 0 Å². The molecule has 8 nitrogen and oxygen atoms in total. The fourth-order valence-corrected chi connectivity index (χ4v) is 7.50. The Hall–Kier alpha value is -5.96. The van der Waals surface area contributed by atoms with Crippen LogP contribution in [0.4, 0.5) is 0 Å². The number of aryl methyl sites for hydroxylation is 4. The van der Waals surface area contributed by atoms with E-state index in [1.54, 1.807) is 0 Å². The molecule has 0 fully saturated rings. The zero-order valence-corrected chi connectivity index (χ0v) is 37.5. The van der Waals surface area contributed by atoms with E-state index in [4.69, 9.17) is 51.6 Å². The van der Waals surface area contributed by atoms with Gasteiger partial charge in [-0.3, -0.25) is 9.59 Å². The van der Waals surface area contributed by atoms with E-state index in [1.165, 1.54) is 0 Å². The summed E-state index contributed by atoms with van der Waals surface area (Å²) in [6.07, 6.45) is 0.307. The van der Waals surface area contributed by atoms with E-state index in [0.29, 0.717) is 23.0 Å². The van der Waals surface area contributed by atoms with Crippen LogP contribution in [0.5, 0.6) is 23.0 Å². The summed E-state index contributed by atoms with van der Waals surface area (Å²) in [5.41, 5.74) is 8.53. The first-order valence-electron chi connectivity index (χ1n) is 20.8. The molecule has 6 aromatic rings. The SMILES string of the molecule is CCC(OC(=O)CCCl)(Oc1ccccc1-c1ccccc1)Oc1c(C)cc(-c2cc(C)c(OC(CC)(OC(=O)CCCl)Oc3ccccc3-c3ccccc3)c(C)c2)cc1C. The number of carbonyl (C=O) groups is 2. The van der Waals surface area contributed by atoms with Crippen molar-refractivity contribution in [3.05, 3.63) is 156 Å². The molecule has 0 heterocycles. The highest BCUT2D eigenvalue weighted by Crippen LogP contribution is 2.41. The summed E-state index contributed by atoms with van der Waals surface area (Å²) < 4.78 is 38.6. The molecule has 2 unspecified atom stereocenters. The third kappa shape index (κ3) is 10.9. The summed E-state index contributed by atoms with van der Waals surface area (Å²) >= 11 is 11.9. The molecular weight excluding hydrogens is 823 g/mol. The molecule has 2 atom stereocenters. The fourth-order valence-electron chi connectivity index (χ4n) is 7.19. The van der Waals surface area contributed by atoms with Crippen LogP contribution in [0.2, 0.25) is 0 Å². The van der Waals surface area contributed by atoms with E-state index in [0.717, 1.165) is 55.6 Å². The van der Waals surface area contributed by atoms with E-state index < -0.39 is 23.9 Å². The van der Waals surface area contributed by atoms with Gasteiger partial charge in [0.2, 0.25) is 0 Å². The van der Waals surface area contributed by atoms with Gasteiger partial charge in [-0.25, -0.2) is 0 Å². The number of ether oxygens (including phenoxy) is 6. The maximum absolute atomic E-state index is 13.1. The lowest BCUT2D eigenvalue weighted by Gasteiger charge is -2.34. The highest BCUT2D eigenvalue weighted by atomic mass is 35.5. The Morgan fingerprint density at radius 3 is 1.10 bits per heavy atom. The van der Waals surface area contributed by atoms with Gasteiger partial charge in [-0.1, -0.05) is 111 Å². The van der Waals surface area contributed by atoms with Gasteiger partial charge >= 0.3 is 23.9 Å². The molecule has 6 rings (SSSR count). The Bertz CT molecular complexity index is 2250. The number of para-hydroxylation sites is 2. The first-order valence-corrected chi connectivity index (χ1v) is 21.8. The largest absolute Gasteiger partial charge is 0.420 e. The number of alkyl halides is 2. The Kier molecular flexibility index (Phi) is 15.2. The van der Waals surface area contributed by atoms with Gasteiger partial charge in [0.25, 0.3) is 0 Å². The number of hydrogen-bond donors (Lipinski definition) is 0. The zero-order valence-electron chi connectivity index (χ0n) is 36.0. The van der Waals surface area contributed by atoms with Gasteiger partial charge in [-0.05, 0) is 109 Å². The number of hydrogen-bond acceptors (Lipinski definition) is 8.